The minimum atomic E-state index is -0.465. The number of rotatable bonds is 11. The molecule has 0 aliphatic carbocycles. The third-order valence-corrected chi connectivity index (χ3v) is 6.90. The Kier molecular flexibility index (Phi) is 9.16. The van der Waals surface area contributed by atoms with Gasteiger partial charge in [0.2, 0.25) is 0 Å². The van der Waals surface area contributed by atoms with E-state index in [0.29, 0.717) is 26.4 Å². The van der Waals surface area contributed by atoms with Crippen molar-refractivity contribution in [2.24, 2.45) is 0 Å². The zero-order valence-electron chi connectivity index (χ0n) is 19.2. The zero-order valence-corrected chi connectivity index (χ0v) is 20.1. The molecular weight excluding hydrogens is 448 g/mol. The highest BCUT2D eigenvalue weighted by molar-refractivity contribution is 8.00. The predicted molar refractivity (Wildman–Crippen MR) is 133 cm³/mol. The van der Waals surface area contributed by atoms with Crippen LogP contribution in [0.1, 0.15) is 23.6 Å². The van der Waals surface area contributed by atoms with E-state index in [1.807, 2.05) is 91.0 Å². The molecule has 1 heterocycles. The Morgan fingerprint density at radius 1 is 0.706 bits per heavy atom. The topological polar surface area (TPSA) is 54.0 Å². The SMILES string of the molecule is CC(=O)OC1S[C@@H](COCc2ccccc2)[C@@H](OCc2ccccc2)[C@H]1OCc1ccccc1. The van der Waals surface area contributed by atoms with E-state index in [0.717, 1.165) is 16.7 Å². The van der Waals surface area contributed by atoms with E-state index in [1.54, 1.807) is 11.8 Å². The van der Waals surface area contributed by atoms with Gasteiger partial charge >= 0.3 is 5.97 Å². The minimum Gasteiger partial charge on any atom is -0.449 e. The lowest BCUT2D eigenvalue weighted by Crippen LogP contribution is -2.40. The Morgan fingerprint density at radius 3 is 1.68 bits per heavy atom. The van der Waals surface area contributed by atoms with Gasteiger partial charge < -0.3 is 18.9 Å². The lowest BCUT2D eigenvalue weighted by Gasteiger charge is -2.26. The molecular formula is C28H30O5S. The number of hydrogen-bond acceptors (Lipinski definition) is 6. The van der Waals surface area contributed by atoms with Crippen LogP contribution in [0.4, 0.5) is 0 Å². The molecule has 4 rings (SSSR count). The Labute approximate surface area is 205 Å². The van der Waals surface area contributed by atoms with Crippen LogP contribution in [-0.2, 0) is 43.6 Å². The van der Waals surface area contributed by atoms with Crippen LogP contribution < -0.4 is 0 Å². The summed E-state index contributed by atoms with van der Waals surface area (Å²) in [5, 5.41) is -0.0439. The van der Waals surface area contributed by atoms with Gasteiger partial charge in [0.1, 0.15) is 12.2 Å². The van der Waals surface area contributed by atoms with E-state index in [-0.39, 0.29) is 17.3 Å². The fourth-order valence-electron chi connectivity index (χ4n) is 3.86. The average molecular weight is 479 g/mol. The van der Waals surface area contributed by atoms with Crippen molar-refractivity contribution in [1.29, 1.82) is 0 Å². The molecule has 1 unspecified atom stereocenters. The molecule has 3 aromatic rings. The molecule has 0 saturated carbocycles. The smallest absolute Gasteiger partial charge is 0.303 e. The standard InChI is InChI=1S/C28H30O5S/c1-21(29)33-28-27(32-19-24-15-9-4-10-16-24)26(31-18-23-13-7-3-8-14-23)25(34-28)20-30-17-22-11-5-2-6-12-22/h2-16,25-28H,17-20H2,1H3/t25-,26+,27+,28?/m0/s1. The maximum Gasteiger partial charge on any atom is 0.303 e. The largest absolute Gasteiger partial charge is 0.449 e. The number of carbonyl (C=O) groups excluding carboxylic acids is 1. The summed E-state index contributed by atoms with van der Waals surface area (Å²) in [6.07, 6.45) is -0.711. The Balaban J connectivity index is 1.47. The van der Waals surface area contributed by atoms with Crippen LogP contribution in [0.2, 0.25) is 0 Å². The Bertz CT molecular complexity index is 999. The number of carbonyl (C=O) groups is 1. The summed E-state index contributed by atoms with van der Waals surface area (Å²) < 4.78 is 24.4. The molecule has 0 aromatic heterocycles. The van der Waals surface area contributed by atoms with E-state index in [1.165, 1.54) is 6.92 Å². The van der Waals surface area contributed by atoms with E-state index in [9.17, 15) is 4.79 Å². The molecule has 0 bridgehead atoms. The predicted octanol–water partition coefficient (Wildman–Crippen LogP) is 5.38. The number of hydrogen-bond donors (Lipinski definition) is 0. The van der Waals surface area contributed by atoms with Gasteiger partial charge in [-0.15, -0.1) is 11.8 Å². The van der Waals surface area contributed by atoms with Crippen LogP contribution in [0.5, 0.6) is 0 Å². The molecule has 0 spiro atoms. The van der Waals surface area contributed by atoms with Gasteiger partial charge in [0.15, 0.2) is 5.44 Å². The van der Waals surface area contributed by atoms with Crippen molar-refractivity contribution in [2.75, 3.05) is 6.61 Å². The van der Waals surface area contributed by atoms with Gasteiger partial charge in [0.05, 0.1) is 31.7 Å². The number of benzene rings is 3. The van der Waals surface area contributed by atoms with Crippen LogP contribution >= 0.6 is 11.8 Å². The second-order valence-electron chi connectivity index (χ2n) is 8.18. The summed E-state index contributed by atoms with van der Waals surface area (Å²) in [7, 11) is 0. The van der Waals surface area contributed by atoms with Gasteiger partial charge in [0, 0.05) is 6.92 Å². The summed E-state index contributed by atoms with van der Waals surface area (Å²) in [5.41, 5.74) is 2.78. The fourth-order valence-corrected chi connectivity index (χ4v) is 5.35. The zero-order chi connectivity index (χ0) is 23.6. The van der Waals surface area contributed by atoms with Crippen molar-refractivity contribution >= 4 is 17.7 Å². The highest BCUT2D eigenvalue weighted by Gasteiger charge is 2.48. The van der Waals surface area contributed by atoms with Gasteiger partial charge in [0.25, 0.3) is 0 Å². The lowest BCUT2D eigenvalue weighted by molar-refractivity contribution is -0.155. The Hall–Kier alpha value is -2.64. The van der Waals surface area contributed by atoms with Crippen molar-refractivity contribution in [3.05, 3.63) is 108 Å². The normalized spacial score (nSPS) is 21.9. The molecule has 4 atom stereocenters. The van der Waals surface area contributed by atoms with Crippen molar-refractivity contribution < 1.29 is 23.7 Å². The van der Waals surface area contributed by atoms with Gasteiger partial charge in [-0.3, -0.25) is 4.79 Å². The molecule has 3 aromatic carbocycles. The summed E-state index contributed by atoms with van der Waals surface area (Å²) >= 11 is 1.54. The van der Waals surface area contributed by atoms with Crippen LogP contribution in [0, 0.1) is 0 Å². The van der Waals surface area contributed by atoms with Crippen LogP contribution in [0.3, 0.4) is 0 Å². The molecule has 1 aliphatic rings. The number of esters is 1. The first kappa shape index (κ1) is 24.5. The van der Waals surface area contributed by atoms with Crippen molar-refractivity contribution in [3.8, 4) is 0 Å². The molecule has 178 valence electrons. The molecule has 0 radical (unpaired) electrons. The lowest BCUT2D eigenvalue weighted by atomic mass is 10.1. The van der Waals surface area contributed by atoms with Crippen molar-refractivity contribution in [2.45, 2.75) is 49.6 Å². The molecule has 6 heteroatoms. The average Bonchev–Trinajstić information content (AvgIpc) is 3.18. The molecule has 0 amide bonds. The number of ether oxygens (including phenoxy) is 4. The fraction of sp³-hybridized carbons (Fsp3) is 0.321. The van der Waals surface area contributed by atoms with Crippen LogP contribution in [0.15, 0.2) is 91.0 Å². The summed E-state index contributed by atoms with van der Waals surface area (Å²) in [5.74, 6) is -0.335. The van der Waals surface area contributed by atoms with Gasteiger partial charge in [-0.25, -0.2) is 0 Å². The highest BCUT2D eigenvalue weighted by atomic mass is 32.2. The molecule has 1 fully saturated rings. The third-order valence-electron chi connectivity index (χ3n) is 5.51. The number of thioether (sulfide) groups is 1. The molecule has 1 aliphatic heterocycles. The quantitative estimate of drug-likeness (QED) is 0.345. The maximum absolute atomic E-state index is 11.8. The first-order chi connectivity index (χ1) is 16.7. The van der Waals surface area contributed by atoms with Crippen molar-refractivity contribution in [1.82, 2.24) is 0 Å². The summed E-state index contributed by atoms with van der Waals surface area (Å²) in [6.45, 7) is 3.25. The van der Waals surface area contributed by atoms with Crippen LogP contribution in [0.25, 0.3) is 0 Å². The molecule has 34 heavy (non-hydrogen) atoms. The molecule has 1 saturated heterocycles. The summed E-state index contributed by atoms with van der Waals surface area (Å²) in [6, 6.07) is 30.1. The monoisotopic (exact) mass is 478 g/mol. The first-order valence-corrected chi connectivity index (χ1v) is 12.4. The Morgan fingerprint density at radius 2 is 1.18 bits per heavy atom. The van der Waals surface area contributed by atoms with Crippen LogP contribution in [-0.4, -0.2) is 35.5 Å². The maximum atomic E-state index is 11.8. The van der Waals surface area contributed by atoms with Gasteiger partial charge in [-0.2, -0.15) is 0 Å². The first-order valence-electron chi connectivity index (χ1n) is 11.4. The van der Waals surface area contributed by atoms with E-state index >= 15 is 0 Å². The second-order valence-corrected chi connectivity index (χ2v) is 9.52. The van der Waals surface area contributed by atoms with Gasteiger partial charge in [-0.05, 0) is 16.7 Å². The summed E-state index contributed by atoms with van der Waals surface area (Å²) in [4.78, 5) is 11.8. The third kappa shape index (κ3) is 7.18. The van der Waals surface area contributed by atoms with Crippen molar-refractivity contribution in [3.63, 3.8) is 0 Å². The second kappa shape index (κ2) is 12.7. The highest BCUT2D eigenvalue weighted by Crippen LogP contribution is 2.40. The van der Waals surface area contributed by atoms with E-state index < -0.39 is 11.5 Å². The molecule has 5 nitrogen and oxygen atoms in total. The van der Waals surface area contributed by atoms with E-state index in [2.05, 4.69) is 0 Å². The molecule has 0 N–H and O–H groups in total. The van der Waals surface area contributed by atoms with E-state index in [4.69, 9.17) is 18.9 Å². The van der Waals surface area contributed by atoms with Gasteiger partial charge in [-0.1, -0.05) is 91.0 Å². The minimum absolute atomic E-state index is 0.0439.